The second-order valence-corrected chi connectivity index (χ2v) is 11.8. The Bertz CT molecular complexity index is 1820. The Kier molecular flexibility index (Phi) is 8.82. The van der Waals surface area contributed by atoms with Crippen LogP contribution in [-0.4, -0.2) is 0 Å². The molecule has 48 heavy (non-hydrogen) atoms. The Hall–Kier alpha value is -6.34. The zero-order valence-electron chi connectivity index (χ0n) is 26.6. The van der Waals surface area contributed by atoms with Gasteiger partial charge >= 0.3 is 0 Å². The molecule has 0 aliphatic rings. The molecule has 0 amide bonds. The van der Waals surface area contributed by atoms with Crippen LogP contribution in [0.4, 0.5) is 0 Å². The highest BCUT2D eigenvalue weighted by atomic mass is 14.4. The highest BCUT2D eigenvalue weighted by molar-refractivity contribution is 5.61. The van der Waals surface area contributed by atoms with Crippen molar-refractivity contribution in [1.82, 2.24) is 0 Å². The van der Waals surface area contributed by atoms with Gasteiger partial charge in [-0.05, 0) is 57.6 Å². The fourth-order valence-electron chi connectivity index (χ4n) is 6.53. The van der Waals surface area contributed by atoms with Crippen LogP contribution in [0.3, 0.4) is 0 Å². The molecule has 0 aromatic heterocycles. The third-order valence-electron chi connectivity index (χ3n) is 8.91. The lowest BCUT2D eigenvalue weighted by molar-refractivity contribution is 0.809. The normalized spacial score (nSPS) is 11.0. The summed E-state index contributed by atoms with van der Waals surface area (Å²) in [6, 6.07) is 71.8. The van der Waals surface area contributed by atoms with Gasteiger partial charge in [0.2, 0.25) is 0 Å². The van der Waals surface area contributed by atoms with Crippen LogP contribution in [0.15, 0.2) is 206 Å². The molecule has 0 spiro atoms. The number of benzene rings is 7. The van der Waals surface area contributed by atoms with Crippen molar-refractivity contribution in [2.75, 3.05) is 0 Å². The van der Waals surface area contributed by atoms with Crippen LogP contribution >= 0.6 is 0 Å². The van der Waals surface area contributed by atoms with E-state index in [0.29, 0.717) is 0 Å². The van der Waals surface area contributed by atoms with Crippen molar-refractivity contribution in [1.29, 1.82) is 0 Å². The molecule has 0 bridgehead atoms. The molecule has 0 heteroatoms. The first-order chi connectivity index (χ1) is 23.8. The van der Waals surface area contributed by atoms with Crippen LogP contribution in [0.2, 0.25) is 0 Å². The van der Waals surface area contributed by atoms with Crippen molar-refractivity contribution in [3.8, 4) is 23.7 Å². The predicted octanol–water partition coefficient (Wildman–Crippen LogP) is 10.5. The first kappa shape index (κ1) is 30.3. The van der Waals surface area contributed by atoms with Crippen LogP contribution in [0.25, 0.3) is 0 Å². The Morgan fingerprint density at radius 3 is 0.604 bits per heavy atom. The molecular formula is C48H34. The van der Waals surface area contributed by atoms with E-state index in [0.717, 1.165) is 44.5 Å². The van der Waals surface area contributed by atoms with E-state index >= 15 is 0 Å². The molecule has 0 radical (unpaired) electrons. The topological polar surface area (TPSA) is 0 Å². The highest BCUT2D eigenvalue weighted by Gasteiger charge is 2.35. The second kappa shape index (κ2) is 14.0. The molecule has 0 saturated heterocycles. The van der Waals surface area contributed by atoms with Gasteiger partial charge in [0.15, 0.2) is 0 Å². The van der Waals surface area contributed by atoms with Gasteiger partial charge in [0.1, 0.15) is 10.8 Å². The molecule has 0 aliphatic heterocycles. The molecule has 0 nitrogen and oxygen atoms in total. The summed E-state index contributed by atoms with van der Waals surface area (Å²) in [7, 11) is 0. The maximum atomic E-state index is 3.75. The highest BCUT2D eigenvalue weighted by Crippen LogP contribution is 2.40. The zero-order valence-corrected chi connectivity index (χ0v) is 26.6. The summed E-state index contributed by atoms with van der Waals surface area (Å²) in [5.41, 5.74) is 7.42. The quantitative estimate of drug-likeness (QED) is 0.130. The second-order valence-electron chi connectivity index (χ2n) is 11.8. The van der Waals surface area contributed by atoms with E-state index in [1.54, 1.807) is 0 Å². The smallest absolute Gasteiger partial charge is 0.0765 e. The summed E-state index contributed by atoms with van der Waals surface area (Å²) in [6.45, 7) is 0. The summed E-state index contributed by atoms with van der Waals surface area (Å²) in [5.74, 6) is 14.6. The molecule has 7 aromatic rings. The third kappa shape index (κ3) is 5.97. The average Bonchev–Trinajstić information content (AvgIpc) is 3.18. The van der Waals surface area contributed by atoms with Gasteiger partial charge in [-0.3, -0.25) is 0 Å². The Morgan fingerprint density at radius 2 is 0.417 bits per heavy atom. The average molecular weight is 611 g/mol. The Morgan fingerprint density at radius 1 is 0.229 bits per heavy atom. The van der Waals surface area contributed by atoms with Crippen molar-refractivity contribution in [3.63, 3.8) is 0 Å². The zero-order chi connectivity index (χ0) is 32.5. The fraction of sp³-hybridized carbons (Fsp3) is 0.0417. The molecule has 0 unspecified atom stereocenters. The monoisotopic (exact) mass is 610 g/mol. The molecule has 0 heterocycles. The van der Waals surface area contributed by atoms with Gasteiger partial charge < -0.3 is 0 Å². The van der Waals surface area contributed by atoms with E-state index < -0.39 is 10.8 Å². The third-order valence-corrected chi connectivity index (χ3v) is 8.91. The minimum atomic E-state index is -0.636. The standard InChI is InChI=1S/C48H34/c1-7-19-41(20-8-1)47(42-21-9-2-10-22-42,43-23-11-3-12-24-43)37-35-39-31-33-40(34-32-39)36-38-48(44-25-13-4-14-26-44,45-27-15-5-16-28-45)46-29-17-6-18-30-46/h1-34H. The summed E-state index contributed by atoms with van der Waals surface area (Å²) < 4.78 is 0. The molecule has 0 saturated carbocycles. The van der Waals surface area contributed by atoms with Gasteiger partial charge in [-0.2, -0.15) is 0 Å². The van der Waals surface area contributed by atoms with Crippen LogP contribution < -0.4 is 0 Å². The van der Waals surface area contributed by atoms with E-state index in [2.05, 4.69) is 230 Å². The van der Waals surface area contributed by atoms with E-state index in [-0.39, 0.29) is 0 Å². The lowest BCUT2D eigenvalue weighted by Gasteiger charge is -2.31. The summed E-state index contributed by atoms with van der Waals surface area (Å²) in [4.78, 5) is 0. The van der Waals surface area contributed by atoms with Crippen molar-refractivity contribution in [3.05, 3.63) is 251 Å². The molecule has 0 atom stereocenters. The van der Waals surface area contributed by atoms with Crippen molar-refractivity contribution in [2.45, 2.75) is 10.8 Å². The van der Waals surface area contributed by atoms with Crippen LogP contribution in [0.1, 0.15) is 44.5 Å². The largest absolute Gasteiger partial charge is 0.107 e. The van der Waals surface area contributed by atoms with E-state index in [1.807, 2.05) is 0 Å². The molecule has 0 fully saturated rings. The maximum Gasteiger partial charge on any atom is 0.107 e. The SMILES string of the molecule is C(#CC(c1ccccc1)(c1ccccc1)c1ccccc1)c1ccc(C#CC(c2ccccc2)(c2ccccc2)c2ccccc2)cc1. The fourth-order valence-corrected chi connectivity index (χ4v) is 6.53. The lowest BCUT2D eigenvalue weighted by atomic mass is 9.70. The number of hydrogen-bond acceptors (Lipinski definition) is 0. The maximum absolute atomic E-state index is 3.75. The van der Waals surface area contributed by atoms with Gasteiger partial charge in [-0.15, -0.1) is 0 Å². The van der Waals surface area contributed by atoms with Crippen molar-refractivity contribution in [2.24, 2.45) is 0 Å². The Labute approximate surface area is 284 Å². The first-order valence-corrected chi connectivity index (χ1v) is 16.3. The van der Waals surface area contributed by atoms with E-state index in [1.165, 1.54) is 0 Å². The van der Waals surface area contributed by atoms with Crippen molar-refractivity contribution >= 4 is 0 Å². The molecule has 226 valence electrons. The molecule has 7 rings (SSSR count). The van der Waals surface area contributed by atoms with Gasteiger partial charge in [-0.1, -0.05) is 206 Å². The first-order valence-electron chi connectivity index (χ1n) is 16.3. The minimum absolute atomic E-state index is 0.636. The van der Waals surface area contributed by atoms with Gasteiger partial charge in [-0.25, -0.2) is 0 Å². The summed E-state index contributed by atoms with van der Waals surface area (Å²) >= 11 is 0. The summed E-state index contributed by atoms with van der Waals surface area (Å²) in [5, 5.41) is 0. The van der Waals surface area contributed by atoms with E-state index in [9.17, 15) is 0 Å². The Balaban J connectivity index is 1.32. The number of hydrogen-bond donors (Lipinski definition) is 0. The lowest BCUT2D eigenvalue weighted by Crippen LogP contribution is -2.27. The molecule has 0 N–H and O–H groups in total. The van der Waals surface area contributed by atoms with Crippen LogP contribution in [0.5, 0.6) is 0 Å². The molecular weight excluding hydrogens is 577 g/mol. The molecule has 7 aromatic carbocycles. The predicted molar refractivity (Wildman–Crippen MR) is 199 cm³/mol. The van der Waals surface area contributed by atoms with E-state index in [4.69, 9.17) is 0 Å². The molecule has 0 aliphatic carbocycles. The minimum Gasteiger partial charge on any atom is -0.0765 e. The van der Waals surface area contributed by atoms with Gasteiger partial charge in [0, 0.05) is 11.1 Å². The van der Waals surface area contributed by atoms with Crippen molar-refractivity contribution < 1.29 is 0 Å². The summed E-state index contributed by atoms with van der Waals surface area (Å²) in [6.07, 6.45) is 0. The van der Waals surface area contributed by atoms with Crippen LogP contribution in [-0.2, 0) is 10.8 Å². The number of rotatable bonds is 6. The van der Waals surface area contributed by atoms with Crippen LogP contribution in [0, 0.1) is 23.7 Å². The van der Waals surface area contributed by atoms with Gasteiger partial charge in [0.05, 0.1) is 0 Å². The van der Waals surface area contributed by atoms with Gasteiger partial charge in [0.25, 0.3) is 0 Å².